The Morgan fingerprint density at radius 3 is 2.09 bits per heavy atom. The van der Waals surface area contributed by atoms with Crippen LogP contribution in [0.4, 0.5) is 5.69 Å². The van der Waals surface area contributed by atoms with Gasteiger partial charge in [-0.1, -0.05) is 44.0 Å². The van der Waals surface area contributed by atoms with Crippen molar-refractivity contribution in [1.29, 1.82) is 0 Å². The molecule has 1 N–H and O–H groups in total. The van der Waals surface area contributed by atoms with Gasteiger partial charge in [0.25, 0.3) is 10.0 Å². The van der Waals surface area contributed by atoms with Crippen LogP contribution in [-0.4, -0.2) is 58.0 Å². The fraction of sp³-hybridized carbons (Fsp3) is 0.375. The molecule has 0 radical (unpaired) electrons. The second-order valence-electron chi connectivity index (χ2n) is 9.83. The molecule has 0 fully saturated rings. The molecule has 0 saturated heterocycles. The fourth-order valence-electron chi connectivity index (χ4n) is 4.49. The highest BCUT2D eigenvalue weighted by atomic mass is 35.5. The van der Waals surface area contributed by atoms with Gasteiger partial charge >= 0.3 is 0 Å². The Balaban J connectivity index is 2.03. The molecule has 0 aliphatic rings. The van der Waals surface area contributed by atoms with E-state index in [4.69, 9.17) is 21.1 Å². The molecule has 3 rings (SSSR count). The van der Waals surface area contributed by atoms with Crippen LogP contribution in [0.1, 0.15) is 45.6 Å². The Morgan fingerprint density at radius 2 is 1.53 bits per heavy atom. The van der Waals surface area contributed by atoms with Crippen LogP contribution >= 0.6 is 11.6 Å². The first-order valence-electron chi connectivity index (χ1n) is 14.4. The van der Waals surface area contributed by atoms with Crippen molar-refractivity contribution in [3.05, 3.63) is 83.4 Å². The number of rotatable bonds is 16. The van der Waals surface area contributed by atoms with Gasteiger partial charge in [-0.05, 0) is 86.0 Å². The van der Waals surface area contributed by atoms with Crippen molar-refractivity contribution in [3.63, 3.8) is 0 Å². The second kappa shape index (κ2) is 16.2. The van der Waals surface area contributed by atoms with E-state index in [0.29, 0.717) is 36.1 Å². The van der Waals surface area contributed by atoms with Gasteiger partial charge in [0.2, 0.25) is 11.8 Å². The highest BCUT2D eigenvalue weighted by Crippen LogP contribution is 2.27. The number of carbonyl (C=O) groups excluding carboxylic acids is 2. The minimum Gasteiger partial charge on any atom is -0.497 e. The molecule has 11 heteroatoms. The first-order valence-corrected chi connectivity index (χ1v) is 16.2. The number of anilines is 1. The van der Waals surface area contributed by atoms with Crippen LogP contribution in [-0.2, 0) is 26.2 Å². The third kappa shape index (κ3) is 9.11. The Hall–Kier alpha value is -3.76. The molecule has 0 heterocycles. The van der Waals surface area contributed by atoms with Gasteiger partial charge in [0.1, 0.15) is 24.1 Å². The van der Waals surface area contributed by atoms with Crippen LogP contribution in [0.3, 0.4) is 0 Å². The van der Waals surface area contributed by atoms with Gasteiger partial charge in [0.15, 0.2) is 0 Å². The van der Waals surface area contributed by atoms with Crippen molar-refractivity contribution in [2.24, 2.45) is 0 Å². The SMILES string of the molecule is CCCCNC(=O)[C@H](CC)N(Cc1ccc(OC)cc1)C(=O)CN(c1ccc(OCC)cc1)S(=O)(=O)c1ccc(Cl)cc1. The molecule has 0 bridgehead atoms. The molecular weight excluding hydrogens is 590 g/mol. The first-order chi connectivity index (χ1) is 20.6. The minimum absolute atomic E-state index is 0.0235. The number of methoxy groups -OCH3 is 1. The highest BCUT2D eigenvalue weighted by Gasteiger charge is 2.33. The second-order valence-corrected chi connectivity index (χ2v) is 12.1. The van der Waals surface area contributed by atoms with Crippen LogP contribution in [0, 0.1) is 0 Å². The molecule has 3 aromatic rings. The zero-order chi connectivity index (χ0) is 31.4. The molecule has 9 nitrogen and oxygen atoms in total. The third-order valence-corrected chi connectivity index (χ3v) is 8.88. The zero-order valence-corrected chi connectivity index (χ0v) is 26.7. The number of hydrogen-bond acceptors (Lipinski definition) is 6. The standard InChI is InChI=1S/C32H40ClN3O6S/c1-5-8-21-34-32(38)30(6-2)35(22-24-9-15-27(41-4)16-10-24)31(37)23-36(26-13-17-28(18-14-26)42-7-3)43(39,40)29-19-11-25(33)12-20-29/h9-20,30H,5-8,21-23H2,1-4H3,(H,34,38)/t30-/m0/s1. The van der Waals surface area contributed by atoms with E-state index in [1.807, 2.05) is 32.9 Å². The largest absolute Gasteiger partial charge is 0.497 e. The van der Waals surface area contributed by atoms with E-state index in [1.54, 1.807) is 43.5 Å². The maximum atomic E-state index is 14.2. The van der Waals surface area contributed by atoms with Crippen molar-refractivity contribution in [3.8, 4) is 11.5 Å². The number of sulfonamides is 1. The minimum atomic E-state index is -4.21. The summed E-state index contributed by atoms with van der Waals surface area (Å²) < 4.78 is 39.8. The molecule has 0 aliphatic heterocycles. The predicted octanol–water partition coefficient (Wildman–Crippen LogP) is 5.67. The smallest absolute Gasteiger partial charge is 0.264 e. The molecule has 3 aromatic carbocycles. The van der Waals surface area contributed by atoms with Crippen LogP contribution in [0.2, 0.25) is 5.02 Å². The van der Waals surface area contributed by atoms with Gasteiger partial charge in [-0.25, -0.2) is 8.42 Å². The van der Waals surface area contributed by atoms with Gasteiger partial charge in [-0.2, -0.15) is 0 Å². The van der Waals surface area contributed by atoms with Crippen molar-refractivity contribution < 1.29 is 27.5 Å². The van der Waals surface area contributed by atoms with Crippen LogP contribution in [0.25, 0.3) is 0 Å². The number of ether oxygens (including phenoxy) is 2. The van der Waals surface area contributed by atoms with Gasteiger partial charge in [-0.3, -0.25) is 13.9 Å². The summed E-state index contributed by atoms with van der Waals surface area (Å²) in [7, 11) is -2.64. The zero-order valence-electron chi connectivity index (χ0n) is 25.1. The number of nitrogens with zero attached hydrogens (tertiary/aromatic N) is 2. The molecule has 0 aromatic heterocycles. The van der Waals surface area contributed by atoms with E-state index < -0.39 is 28.5 Å². The molecule has 0 aliphatic carbocycles. The van der Waals surface area contributed by atoms with Gasteiger partial charge in [-0.15, -0.1) is 0 Å². The molecule has 43 heavy (non-hydrogen) atoms. The molecule has 0 unspecified atom stereocenters. The Morgan fingerprint density at radius 1 is 0.907 bits per heavy atom. The molecule has 2 amide bonds. The number of unbranched alkanes of at least 4 members (excludes halogenated alkanes) is 1. The van der Waals surface area contributed by atoms with E-state index in [-0.39, 0.29) is 23.0 Å². The summed E-state index contributed by atoms with van der Waals surface area (Å²) in [6, 6.07) is 18.6. The van der Waals surface area contributed by atoms with Crippen LogP contribution in [0.15, 0.2) is 77.7 Å². The number of hydrogen-bond donors (Lipinski definition) is 1. The Bertz CT molecular complexity index is 1430. The molecular formula is C32H40ClN3O6S. The molecule has 1 atom stereocenters. The predicted molar refractivity (Wildman–Crippen MR) is 169 cm³/mol. The van der Waals surface area contributed by atoms with E-state index >= 15 is 0 Å². The van der Waals surface area contributed by atoms with E-state index in [2.05, 4.69) is 5.32 Å². The van der Waals surface area contributed by atoms with Crippen molar-refractivity contribution in [1.82, 2.24) is 10.2 Å². The lowest BCUT2D eigenvalue weighted by atomic mass is 10.1. The maximum absolute atomic E-state index is 14.2. The molecule has 0 saturated carbocycles. The lowest BCUT2D eigenvalue weighted by molar-refractivity contribution is -0.140. The summed E-state index contributed by atoms with van der Waals surface area (Å²) >= 11 is 6.02. The summed E-state index contributed by atoms with van der Waals surface area (Å²) in [5.41, 5.74) is 1.04. The highest BCUT2D eigenvalue weighted by molar-refractivity contribution is 7.92. The van der Waals surface area contributed by atoms with Crippen LogP contribution in [0.5, 0.6) is 11.5 Å². The van der Waals surface area contributed by atoms with E-state index in [1.165, 1.54) is 29.2 Å². The quantitative estimate of drug-likeness (QED) is 0.205. The summed E-state index contributed by atoms with van der Waals surface area (Å²) in [6.07, 6.45) is 2.05. The van der Waals surface area contributed by atoms with Gasteiger partial charge in [0.05, 0.1) is 24.3 Å². The number of benzene rings is 3. The van der Waals surface area contributed by atoms with E-state index in [0.717, 1.165) is 22.7 Å². The first kappa shape index (κ1) is 33.7. The summed E-state index contributed by atoms with van der Waals surface area (Å²) in [5, 5.41) is 3.31. The maximum Gasteiger partial charge on any atom is 0.264 e. The number of halogens is 1. The average Bonchev–Trinajstić information content (AvgIpc) is 3.01. The molecule has 232 valence electrons. The normalized spacial score (nSPS) is 11.8. The van der Waals surface area contributed by atoms with Crippen molar-refractivity contribution >= 4 is 39.1 Å². The summed E-state index contributed by atoms with van der Waals surface area (Å²) in [5.74, 6) is 0.407. The lowest BCUT2D eigenvalue weighted by Crippen LogP contribution is -2.52. The topological polar surface area (TPSA) is 105 Å². The Labute approximate surface area is 259 Å². The Kier molecular flexibility index (Phi) is 12.7. The van der Waals surface area contributed by atoms with Crippen molar-refractivity contribution in [2.75, 3.05) is 31.1 Å². The van der Waals surface area contributed by atoms with Gasteiger partial charge in [0, 0.05) is 18.1 Å². The van der Waals surface area contributed by atoms with Gasteiger partial charge < -0.3 is 19.7 Å². The average molecular weight is 630 g/mol. The fourth-order valence-corrected chi connectivity index (χ4v) is 6.03. The van der Waals surface area contributed by atoms with Crippen LogP contribution < -0.4 is 19.1 Å². The van der Waals surface area contributed by atoms with E-state index in [9.17, 15) is 18.0 Å². The number of amides is 2. The summed E-state index contributed by atoms with van der Waals surface area (Å²) in [4.78, 5) is 28.9. The van der Waals surface area contributed by atoms with Crippen molar-refractivity contribution in [2.45, 2.75) is 57.5 Å². The summed E-state index contributed by atoms with van der Waals surface area (Å²) in [6.45, 7) is 6.20. The third-order valence-electron chi connectivity index (χ3n) is 6.84. The lowest BCUT2D eigenvalue weighted by Gasteiger charge is -2.33. The number of carbonyl (C=O) groups is 2. The monoisotopic (exact) mass is 629 g/mol. The molecule has 0 spiro atoms. The number of nitrogens with one attached hydrogen (secondary N) is 1.